The minimum atomic E-state index is -0.0642. The maximum absolute atomic E-state index is 9.93. The summed E-state index contributed by atoms with van der Waals surface area (Å²) in [4.78, 5) is 2.49. The summed E-state index contributed by atoms with van der Waals surface area (Å²) in [5.74, 6) is 1.19. The van der Waals surface area contributed by atoms with Crippen molar-refractivity contribution in [1.82, 2.24) is 4.90 Å². The van der Waals surface area contributed by atoms with Crippen LogP contribution in [0.15, 0.2) is 0 Å². The predicted molar refractivity (Wildman–Crippen MR) is 64.2 cm³/mol. The Kier molecular flexibility index (Phi) is 4.62. The summed E-state index contributed by atoms with van der Waals surface area (Å²) in [6.07, 6.45) is 6.79. The molecular formula is C13H25NO2. The molecule has 0 aromatic rings. The minimum absolute atomic E-state index is 0.0642. The van der Waals surface area contributed by atoms with Crippen LogP contribution in [-0.2, 0) is 0 Å². The number of nitrogens with zero attached hydrogens (tertiary/aromatic N) is 1. The van der Waals surface area contributed by atoms with E-state index in [0.717, 1.165) is 32.5 Å². The molecule has 1 aliphatic heterocycles. The van der Waals surface area contributed by atoms with Gasteiger partial charge in [0, 0.05) is 19.7 Å². The molecule has 0 amide bonds. The van der Waals surface area contributed by atoms with Gasteiger partial charge in [-0.05, 0) is 44.1 Å². The zero-order valence-corrected chi connectivity index (χ0v) is 10.1. The molecule has 2 fully saturated rings. The fraction of sp³-hybridized carbons (Fsp3) is 1.00. The van der Waals surface area contributed by atoms with Crippen LogP contribution in [-0.4, -0.2) is 47.5 Å². The molecule has 1 saturated carbocycles. The van der Waals surface area contributed by atoms with E-state index in [9.17, 15) is 5.11 Å². The van der Waals surface area contributed by atoms with Crippen molar-refractivity contribution in [2.75, 3.05) is 26.2 Å². The number of hydrogen-bond acceptors (Lipinski definition) is 3. The molecule has 0 aromatic heterocycles. The van der Waals surface area contributed by atoms with Crippen molar-refractivity contribution in [3.05, 3.63) is 0 Å². The minimum Gasteiger partial charge on any atom is -0.396 e. The zero-order chi connectivity index (χ0) is 11.4. The zero-order valence-electron chi connectivity index (χ0n) is 10.1. The highest BCUT2D eigenvalue weighted by Gasteiger charge is 2.28. The molecule has 2 N–H and O–H groups in total. The Labute approximate surface area is 98.5 Å². The average molecular weight is 227 g/mol. The van der Waals surface area contributed by atoms with Crippen molar-refractivity contribution in [3.8, 4) is 0 Å². The van der Waals surface area contributed by atoms with Gasteiger partial charge in [-0.15, -0.1) is 0 Å². The van der Waals surface area contributed by atoms with Gasteiger partial charge in [-0.25, -0.2) is 0 Å². The van der Waals surface area contributed by atoms with Crippen LogP contribution in [0.2, 0.25) is 0 Å². The van der Waals surface area contributed by atoms with E-state index in [1.807, 2.05) is 0 Å². The molecular weight excluding hydrogens is 202 g/mol. The van der Waals surface area contributed by atoms with Gasteiger partial charge in [0.15, 0.2) is 0 Å². The summed E-state index contributed by atoms with van der Waals surface area (Å²) in [5, 5.41) is 18.8. The smallest absolute Gasteiger partial charge is 0.0580 e. The van der Waals surface area contributed by atoms with Crippen LogP contribution in [0.4, 0.5) is 0 Å². The van der Waals surface area contributed by atoms with Crippen LogP contribution in [0.3, 0.4) is 0 Å². The fourth-order valence-electron chi connectivity index (χ4n) is 3.23. The Bertz CT molecular complexity index is 210. The quantitative estimate of drug-likeness (QED) is 0.759. The van der Waals surface area contributed by atoms with Crippen molar-refractivity contribution in [2.45, 2.75) is 44.6 Å². The molecule has 2 rings (SSSR count). The van der Waals surface area contributed by atoms with E-state index in [-0.39, 0.29) is 6.10 Å². The molecule has 0 spiro atoms. The van der Waals surface area contributed by atoms with E-state index in [1.54, 1.807) is 0 Å². The van der Waals surface area contributed by atoms with Gasteiger partial charge in [-0.1, -0.05) is 12.8 Å². The molecule has 2 aliphatic rings. The van der Waals surface area contributed by atoms with Crippen molar-refractivity contribution in [3.63, 3.8) is 0 Å². The highest BCUT2D eigenvalue weighted by atomic mass is 16.3. The normalized spacial score (nSPS) is 36.8. The Morgan fingerprint density at radius 2 is 1.94 bits per heavy atom. The lowest BCUT2D eigenvalue weighted by atomic mass is 9.86. The average Bonchev–Trinajstić information content (AvgIpc) is 2.70. The van der Waals surface area contributed by atoms with Crippen LogP contribution < -0.4 is 0 Å². The third kappa shape index (κ3) is 3.19. The van der Waals surface area contributed by atoms with Crippen molar-refractivity contribution < 1.29 is 10.2 Å². The van der Waals surface area contributed by atoms with Crippen molar-refractivity contribution in [2.24, 2.45) is 11.8 Å². The SMILES string of the molecule is OCCC1CCN(CC2CCCCC2O)C1. The largest absolute Gasteiger partial charge is 0.396 e. The first kappa shape index (κ1) is 12.3. The molecule has 3 nitrogen and oxygen atoms in total. The third-order valence-electron chi connectivity index (χ3n) is 4.27. The number of likely N-dealkylation sites (tertiary alicyclic amines) is 1. The maximum atomic E-state index is 9.93. The van der Waals surface area contributed by atoms with Crippen LogP contribution in [0.1, 0.15) is 38.5 Å². The second-order valence-corrected chi connectivity index (χ2v) is 5.54. The van der Waals surface area contributed by atoms with E-state index in [4.69, 9.17) is 5.11 Å². The van der Waals surface area contributed by atoms with Gasteiger partial charge >= 0.3 is 0 Å². The van der Waals surface area contributed by atoms with Crippen molar-refractivity contribution >= 4 is 0 Å². The standard InChI is InChI=1S/C13H25NO2/c15-8-6-11-5-7-14(9-11)10-12-3-1-2-4-13(12)16/h11-13,15-16H,1-10H2. The van der Waals surface area contributed by atoms with Gasteiger partial charge < -0.3 is 15.1 Å². The summed E-state index contributed by atoms with van der Waals surface area (Å²) >= 11 is 0. The Hall–Kier alpha value is -0.120. The van der Waals surface area contributed by atoms with Crippen LogP contribution in [0, 0.1) is 11.8 Å². The van der Waals surface area contributed by atoms with Crippen LogP contribution in [0.5, 0.6) is 0 Å². The molecule has 1 saturated heterocycles. The molecule has 3 unspecified atom stereocenters. The summed E-state index contributed by atoms with van der Waals surface area (Å²) < 4.78 is 0. The highest BCUT2D eigenvalue weighted by Crippen LogP contribution is 2.27. The molecule has 3 atom stereocenters. The first-order valence-electron chi connectivity index (χ1n) is 6.81. The summed E-state index contributed by atoms with van der Waals surface area (Å²) in [7, 11) is 0. The van der Waals surface area contributed by atoms with Gasteiger partial charge in [0.1, 0.15) is 0 Å². The fourth-order valence-corrected chi connectivity index (χ4v) is 3.23. The van der Waals surface area contributed by atoms with Gasteiger partial charge in [-0.2, -0.15) is 0 Å². The summed E-state index contributed by atoms with van der Waals surface area (Å²) in [6.45, 7) is 3.69. The lowest BCUT2D eigenvalue weighted by Crippen LogP contribution is -2.35. The first-order chi connectivity index (χ1) is 7.79. The third-order valence-corrected chi connectivity index (χ3v) is 4.27. The molecule has 0 radical (unpaired) electrons. The van der Waals surface area contributed by atoms with E-state index < -0.39 is 0 Å². The van der Waals surface area contributed by atoms with E-state index in [1.165, 1.54) is 25.7 Å². The molecule has 0 bridgehead atoms. The van der Waals surface area contributed by atoms with E-state index >= 15 is 0 Å². The number of aliphatic hydroxyl groups excluding tert-OH is 2. The summed E-state index contributed by atoms with van der Waals surface area (Å²) in [6, 6.07) is 0. The molecule has 3 heteroatoms. The highest BCUT2D eigenvalue weighted by molar-refractivity contribution is 4.82. The second kappa shape index (κ2) is 5.99. The topological polar surface area (TPSA) is 43.7 Å². The first-order valence-corrected chi connectivity index (χ1v) is 6.81. The lowest BCUT2D eigenvalue weighted by Gasteiger charge is -2.31. The van der Waals surface area contributed by atoms with Crippen LogP contribution in [0.25, 0.3) is 0 Å². The van der Waals surface area contributed by atoms with E-state index in [2.05, 4.69) is 4.90 Å². The van der Waals surface area contributed by atoms with Gasteiger partial charge in [0.2, 0.25) is 0 Å². The predicted octanol–water partition coefficient (Wildman–Crippen LogP) is 1.24. The monoisotopic (exact) mass is 227 g/mol. The second-order valence-electron chi connectivity index (χ2n) is 5.54. The number of aliphatic hydroxyl groups is 2. The molecule has 1 heterocycles. The molecule has 94 valence electrons. The molecule has 16 heavy (non-hydrogen) atoms. The lowest BCUT2D eigenvalue weighted by molar-refractivity contribution is 0.0502. The Morgan fingerprint density at radius 3 is 2.69 bits per heavy atom. The Balaban J connectivity index is 1.73. The van der Waals surface area contributed by atoms with Gasteiger partial charge in [0.25, 0.3) is 0 Å². The molecule has 0 aromatic carbocycles. The molecule has 1 aliphatic carbocycles. The Morgan fingerprint density at radius 1 is 1.12 bits per heavy atom. The van der Waals surface area contributed by atoms with Crippen LogP contribution >= 0.6 is 0 Å². The van der Waals surface area contributed by atoms with Gasteiger partial charge in [0.05, 0.1) is 6.10 Å². The van der Waals surface area contributed by atoms with Gasteiger partial charge in [-0.3, -0.25) is 0 Å². The number of rotatable bonds is 4. The summed E-state index contributed by atoms with van der Waals surface area (Å²) in [5.41, 5.74) is 0. The van der Waals surface area contributed by atoms with E-state index in [0.29, 0.717) is 18.4 Å². The maximum Gasteiger partial charge on any atom is 0.0580 e. The van der Waals surface area contributed by atoms with Crippen molar-refractivity contribution in [1.29, 1.82) is 0 Å². The number of hydrogen-bond donors (Lipinski definition) is 2.